The molecule has 1 amide bonds. The summed E-state index contributed by atoms with van der Waals surface area (Å²) in [5.74, 6) is -0.251. The van der Waals surface area contributed by atoms with Gasteiger partial charge in [0.15, 0.2) is 5.78 Å². The van der Waals surface area contributed by atoms with Crippen LogP contribution in [0.25, 0.3) is 0 Å². The van der Waals surface area contributed by atoms with Gasteiger partial charge in [-0.3, -0.25) is 9.59 Å². The van der Waals surface area contributed by atoms with Crippen molar-refractivity contribution in [2.75, 3.05) is 17.7 Å². The molecule has 0 radical (unpaired) electrons. The van der Waals surface area contributed by atoms with E-state index in [2.05, 4.69) is 10.6 Å². The zero-order valence-corrected chi connectivity index (χ0v) is 14.0. The fraction of sp³-hybridized carbons (Fsp3) is 0.375. The van der Waals surface area contributed by atoms with Gasteiger partial charge in [0, 0.05) is 40.5 Å². The van der Waals surface area contributed by atoms with E-state index >= 15 is 0 Å². The summed E-state index contributed by atoms with van der Waals surface area (Å²) in [6.45, 7) is 5.50. The lowest BCUT2D eigenvalue weighted by Gasteiger charge is -2.03. The first kappa shape index (κ1) is 17.6. The zero-order valence-electron chi connectivity index (χ0n) is 14.0. The van der Waals surface area contributed by atoms with Crippen molar-refractivity contribution in [1.82, 2.24) is 9.13 Å². The molecule has 6 nitrogen and oxygen atoms in total. The number of aromatic nitrogens is 2. The Kier molecular flexibility index (Phi) is 5.98. The summed E-state index contributed by atoms with van der Waals surface area (Å²) in [7, 11) is 5.38. The van der Waals surface area contributed by atoms with Gasteiger partial charge in [-0.2, -0.15) is 0 Å². The van der Waals surface area contributed by atoms with Crippen molar-refractivity contribution in [1.29, 1.82) is 0 Å². The first-order valence-corrected chi connectivity index (χ1v) is 7.25. The molecule has 22 heavy (non-hydrogen) atoms. The highest BCUT2D eigenvalue weighted by Gasteiger charge is 2.14. The van der Waals surface area contributed by atoms with Crippen molar-refractivity contribution >= 4 is 23.1 Å². The minimum atomic E-state index is -0.213. The maximum Gasteiger partial charge on any atom is 0.272 e. The van der Waals surface area contributed by atoms with E-state index in [1.807, 2.05) is 27.1 Å². The van der Waals surface area contributed by atoms with Crippen molar-refractivity contribution < 1.29 is 9.59 Å². The average Bonchev–Trinajstić information content (AvgIpc) is 3.04. The molecular weight excluding hydrogens is 280 g/mol. The zero-order chi connectivity index (χ0) is 16.9. The minimum Gasteiger partial charge on any atom is -0.387 e. The van der Waals surface area contributed by atoms with Crippen molar-refractivity contribution in [2.45, 2.75) is 20.8 Å². The smallest absolute Gasteiger partial charge is 0.272 e. The van der Waals surface area contributed by atoms with Gasteiger partial charge < -0.3 is 19.8 Å². The van der Waals surface area contributed by atoms with Crippen LogP contribution in [-0.2, 0) is 14.1 Å². The number of hydrogen-bond donors (Lipinski definition) is 2. The third-order valence-electron chi connectivity index (χ3n) is 3.15. The molecular formula is C16H24N4O2. The SMILES string of the molecule is CC.CNc1cc(C(=O)Nc2cc(C(C)=O)n(C)c2)n(C)c1. The normalized spacial score (nSPS) is 9.73. The summed E-state index contributed by atoms with van der Waals surface area (Å²) in [4.78, 5) is 23.6. The van der Waals surface area contributed by atoms with Crippen LogP contribution >= 0.6 is 0 Å². The van der Waals surface area contributed by atoms with E-state index in [1.165, 1.54) is 6.92 Å². The molecule has 0 aliphatic heterocycles. The third kappa shape index (κ3) is 3.78. The highest BCUT2D eigenvalue weighted by Crippen LogP contribution is 2.17. The number of carbonyl (C=O) groups is 2. The topological polar surface area (TPSA) is 68.1 Å². The summed E-state index contributed by atoms with van der Waals surface area (Å²) < 4.78 is 3.44. The van der Waals surface area contributed by atoms with Crippen molar-refractivity contribution in [2.24, 2.45) is 14.1 Å². The Bertz CT molecular complexity index is 668. The van der Waals surface area contributed by atoms with E-state index in [1.54, 1.807) is 41.6 Å². The van der Waals surface area contributed by atoms with E-state index in [0.29, 0.717) is 17.1 Å². The fourth-order valence-corrected chi connectivity index (χ4v) is 2.11. The molecule has 2 aromatic heterocycles. The van der Waals surface area contributed by atoms with Crippen LogP contribution in [0, 0.1) is 0 Å². The summed E-state index contributed by atoms with van der Waals surface area (Å²) in [6, 6.07) is 3.44. The number of anilines is 2. The van der Waals surface area contributed by atoms with Crippen LogP contribution in [-0.4, -0.2) is 27.9 Å². The van der Waals surface area contributed by atoms with Gasteiger partial charge in [-0.25, -0.2) is 0 Å². The fourth-order valence-electron chi connectivity index (χ4n) is 2.11. The van der Waals surface area contributed by atoms with E-state index in [0.717, 1.165) is 5.69 Å². The summed E-state index contributed by atoms with van der Waals surface area (Å²) in [5.41, 5.74) is 2.58. The lowest BCUT2D eigenvalue weighted by molar-refractivity contribution is 0.1000. The molecule has 6 heteroatoms. The summed E-state index contributed by atoms with van der Waals surface area (Å²) in [6.07, 6.45) is 3.55. The lowest BCUT2D eigenvalue weighted by Crippen LogP contribution is -2.14. The largest absolute Gasteiger partial charge is 0.387 e. The predicted octanol–water partition coefficient (Wildman–Crippen LogP) is 2.89. The second-order valence-electron chi connectivity index (χ2n) is 4.71. The van der Waals surface area contributed by atoms with Gasteiger partial charge in [0.25, 0.3) is 5.91 Å². The van der Waals surface area contributed by atoms with Gasteiger partial charge >= 0.3 is 0 Å². The second-order valence-corrected chi connectivity index (χ2v) is 4.71. The quantitative estimate of drug-likeness (QED) is 0.853. The van der Waals surface area contributed by atoms with E-state index in [4.69, 9.17) is 0 Å². The second kappa shape index (κ2) is 7.49. The lowest BCUT2D eigenvalue weighted by atomic mass is 10.3. The number of nitrogens with one attached hydrogen (secondary N) is 2. The average molecular weight is 304 g/mol. The Balaban J connectivity index is 0.00000116. The first-order valence-electron chi connectivity index (χ1n) is 7.25. The Morgan fingerprint density at radius 1 is 0.955 bits per heavy atom. The number of carbonyl (C=O) groups excluding carboxylic acids is 2. The Morgan fingerprint density at radius 2 is 1.45 bits per heavy atom. The van der Waals surface area contributed by atoms with Crippen LogP contribution in [0.5, 0.6) is 0 Å². The van der Waals surface area contributed by atoms with Gasteiger partial charge in [-0.05, 0) is 12.1 Å². The maximum atomic E-state index is 12.2. The van der Waals surface area contributed by atoms with Crippen LogP contribution in [0.1, 0.15) is 41.7 Å². The Morgan fingerprint density at radius 3 is 1.91 bits per heavy atom. The molecule has 2 rings (SSSR count). The summed E-state index contributed by atoms with van der Waals surface area (Å²) in [5, 5.41) is 5.78. The molecule has 0 saturated carbocycles. The van der Waals surface area contributed by atoms with Crippen LogP contribution in [0.3, 0.4) is 0 Å². The van der Waals surface area contributed by atoms with Gasteiger partial charge in [0.1, 0.15) is 5.69 Å². The van der Waals surface area contributed by atoms with Gasteiger partial charge in [0.05, 0.1) is 17.1 Å². The number of aryl methyl sites for hydroxylation is 2. The molecule has 0 atom stereocenters. The van der Waals surface area contributed by atoms with Gasteiger partial charge in [0.2, 0.25) is 0 Å². The molecule has 120 valence electrons. The molecule has 0 aliphatic rings. The van der Waals surface area contributed by atoms with Crippen LogP contribution in [0.2, 0.25) is 0 Å². The van der Waals surface area contributed by atoms with Crippen molar-refractivity contribution in [3.63, 3.8) is 0 Å². The molecule has 0 fully saturated rings. The standard InChI is InChI=1S/C14H18N4O2.C2H6/c1-9(19)12-6-11(8-17(12)3)16-14(20)13-5-10(15-2)7-18(13)4;1-2/h5-8,15H,1-4H3,(H,16,20);1-2H3. The van der Waals surface area contributed by atoms with Crippen molar-refractivity contribution in [3.8, 4) is 0 Å². The number of rotatable bonds is 4. The highest BCUT2D eigenvalue weighted by molar-refractivity contribution is 6.04. The van der Waals surface area contributed by atoms with E-state index in [9.17, 15) is 9.59 Å². The Hall–Kier alpha value is -2.50. The summed E-state index contributed by atoms with van der Waals surface area (Å²) >= 11 is 0. The monoisotopic (exact) mass is 304 g/mol. The van der Waals surface area contributed by atoms with Gasteiger partial charge in [-0.15, -0.1) is 0 Å². The van der Waals surface area contributed by atoms with Crippen molar-refractivity contribution in [3.05, 3.63) is 35.9 Å². The molecule has 0 saturated heterocycles. The molecule has 0 spiro atoms. The highest BCUT2D eigenvalue weighted by atomic mass is 16.2. The predicted molar refractivity (Wildman–Crippen MR) is 89.7 cm³/mol. The van der Waals surface area contributed by atoms with E-state index in [-0.39, 0.29) is 11.7 Å². The third-order valence-corrected chi connectivity index (χ3v) is 3.15. The molecule has 0 unspecified atom stereocenters. The number of amides is 1. The molecule has 2 heterocycles. The number of Topliss-reactive ketones (excluding diaryl/α,β-unsaturated/α-hetero) is 1. The van der Waals surface area contributed by atoms with Crippen LogP contribution in [0.15, 0.2) is 24.5 Å². The number of hydrogen-bond acceptors (Lipinski definition) is 3. The first-order chi connectivity index (χ1) is 10.4. The molecule has 0 aromatic carbocycles. The van der Waals surface area contributed by atoms with Crippen LogP contribution in [0.4, 0.5) is 11.4 Å². The minimum absolute atomic E-state index is 0.0377. The molecule has 0 bridgehead atoms. The Labute approximate surface area is 131 Å². The number of ketones is 1. The van der Waals surface area contributed by atoms with Crippen LogP contribution < -0.4 is 10.6 Å². The van der Waals surface area contributed by atoms with E-state index < -0.39 is 0 Å². The number of nitrogens with zero attached hydrogens (tertiary/aromatic N) is 2. The molecule has 2 aromatic rings. The molecule has 0 aliphatic carbocycles. The van der Waals surface area contributed by atoms with Gasteiger partial charge in [-0.1, -0.05) is 13.8 Å². The molecule has 2 N–H and O–H groups in total. The maximum absolute atomic E-state index is 12.2.